The van der Waals surface area contributed by atoms with E-state index in [4.69, 9.17) is 5.11 Å². The fourth-order valence-corrected chi connectivity index (χ4v) is 1.84. The predicted molar refractivity (Wildman–Crippen MR) is 70.7 cm³/mol. The Morgan fingerprint density at radius 2 is 1.94 bits per heavy atom. The number of hydrogen-bond acceptors (Lipinski definition) is 1. The summed E-state index contributed by atoms with van der Waals surface area (Å²) in [6, 6.07) is 6.42. The van der Waals surface area contributed by atoms with Crippen molar-refractivity contribution < 1.29 is 14.3 Å². The molecule has 0 saturated carbocycles. The van der Waals surface area contributed by atoms with Gasteiger partial charge in [0, 0.05) is 6.42 Å². The number of unbranched alkanes of at least 4 members (excludes halogenated alkanes) is 1. The van der Waals surface area contributed by atoms with Gasteiger partial charge in [0.15, 0.2) is 0 Å². The van der Waals surface area contributed by atoms with Crippen LogP contribution in [0.5, 0.6) is 0 Å². The molecule has 0 saturated heterocycles. The van der Waals surface area contributed by atoms with E-state index in [0.29, 0.717) is 12.3 Å². The van der Waals surface area contributed by atoms with Gasteiger partial charge in [-0.3, -0.25) is 4.79 Å². The van der Waals surface area contributed by atoms with Crippen LogP contribution in [0.25, 0.3) is 5.57 Å². The van der Waals surface area contributed by atoms with E-state index in [9.17, 15) is 9.18 Å². The molecule has 18 heavy (non-hydrogen) atoms. The van der Waals surface area contributed by atoms with Gasteiger partial charge in [0.1, 0.15) is 5.82 Å². The van der Waals surface area contributed by atoms with E-state index in [1.807, 2.05) is 0 Å². The highest BCUT2D eigenvalue weighted by atomic mass is 19.1. The average Bonchev–Trinajstić information content (AvgIpc) is 2.30. The Kier molecular flexibility index (Phi) is 5.56. The van der Waals surface area contributed by atoms with Crippen molar-refractivity contribution in [1.82, 2.24) is 0 Å². The van der Waals surface area contributed by atoms with Crippen molar-refractivity contribution in [1.29, 1.82) is 0 Å². The lowest BCUT2D eigenvalue weighted by atomic mass is 9.94. The summed E-state index contributed by atoms with van der Waals surface area (Å²) in [5.74, 6) is -0.677. The van der Waals surface area contributed by atoms with E-state index >= 15 is 0 Å². The Hall–Kier alpha value is -1.64. The number of aliphatic carboxylic acids is 1. The fourth-order valence-electron chi connectivity index (χ4n) is 1.84. The maximum absolute atomic E-state index is 12.9. The van der Waals surface area contributed by atoms with Crippen LogP contribution in [-0.2, 0) is 4.79 Å². The van der Waals surface area contributed by atoms with Crippen molar-refractivity contribution in [2.75, 3.05) is 0 Å². The van der Waals surface area contributed by atoms with Crippen LogP contribution in [0.15, 0.2) is 30.3 Å². The molecule has 0 amide bonds. The molecule has 1 rings (SSSR count). The number of hydrogen-bond donors (Lipinski definition) is 1. The molecule has 98 valence electrons. The minimum absolute atomic E-state index is 0.186. The molecule has 0 radical (unpaired) electrons. The third kappa shape index (κ3) is 4.70. The molecule has 2 nitrogen and oxygen atoms in total. The largest absolute Gasteiger partial charge is 0.481 e. The van der Waals surface area contributed by atoms with E-state index in [1.54, 1.807) is 12.1 Å². The topological polar surface area (TPSA) is 37.3 Å². The van der Waals surface area contributed by atoms with E-state index in [2.05, 4.69) is 19.9 Å². The number of carbonyl (C=O) groups is 1. The van der Waals surface area contributed by atoms with Crippen molar-refractivity contribution in [3.05, 3.63) is 41.7 Å². The summed E-state index contributed by atoms with van der Waals surface area (Å²) in [4.78, 5) is 10.4. The molecule has 0 aliphatic heterocycles. The summed E-state index contributed by atoms with van der Waals surface area (Å²) in [5, 5.41) is 8.57. The van der Waals surface area contributed by atoms with Crippen LogP contribution in [-0.4, -0.2) is 11.1 Å². The quantitative estimate of drug-likeness (QED) is 0.771. The molecule has 0 heterocycles. The lowest BCUT2D eigenvalue weighted by Crippen LogP contribution is -1.96. The Morgan fingerprint density at radius 1 is 1.33 bits per heavy atom. The summed E-state index contributed by atoms with van der Waals surface area (Å²) in [7, 11) is 0. The first kappa shape index (κ1) is 14.4. The number of rotatable bonds is 6. The first-order chi connectivity index (χ1) is 8.50. The molecule has 0 unspecified atom stereocenters. The van der Waals surface area contributed by atoms with Gasteiger partial charge in [-0.1, -0.05) is 32.1 Å². The van der Waals surface area contributed by atoms with Gasteiger partial charge in [0.05, 0.1) is 0 Å². The van der Waals surface area contributed by atoms with Crippen molar-refractivity contribution in [3.63, 3.8) is 0 Å². The first-order valence-corrected chi connectivity index (χ1v) is 6.18. The van der Waals surface area contributed by atoms with Crippen molar-refractivity contribution >= 4 is 11.5 Å². The molecule has 0 spiro atoms. The highest BCUT2D eigenvalue weighted by Gasteiger charge is 2.06. The zero-order valence-corrected chi connectivity index (χ0v) is 10.8. The minimum atomic E-state index is -0.767. The monoisotopic (exact) mass is 250 g/mol. The van der Waals surface area contributed by atoms with Gasteiger partial charge >= 0.3 is 5.97 Å². The Labute approximate surface area is 107 Å². The first-order valence-electron chi connectivity index (χ1n) is 6.18. The Balaban J connectivity index is 2.73. The fraction of sp³-hybridized carbons (Fsp3) is 0.400. The lowest BCUT2D eigenvalue weighted by Gasteiger charge is -2.12. The smallest absolute Gasteiger partial charge is 0.303 e. The van der Waals surface area contributed by atoms with Gasteiger partial charge in [0.2, 0.25) is 0 Å². The van der Waals surface area contributed by atoms with Crippen LogP contribution in [0.2, 0.25) is 0 Å². The highest BCUT2D eigenvalue weighted by molar-refractivity contribution is 5.68. The van der Waals surface area contributed by atoms with E-state index < -0.39 is 5.97 Å². The minimum Gasteiger partial charge on any atom is -0.481 e. The average molecular weight is 250 g/mol. The van der Waals surface area contributed by atoms with Crippen molar-refractivity contribution in [3.8, 4) is 0 Å². The molecule has 1 N–H and O–H groups in total. The normalized spacial score (nSPS) is 11.9. The van der Waals surface area contributed by atoms with Gasteiger partial charge in [-0.25, -0.2) is 4.39 Å². The highest BCUT2D eigenvalue weighted by Crippen LogP contribution is 2.24. The maximum Gasteiger partial charge on any atom is 0.303 e. The van der Waals surface area contributed by atoms with Crippen LogP contribution in [0, 0.1) is 11.7 Å². The van der Waals surface area contributed by atoms with E-state index in [1.165, 1.54) is 12.1 Å². The Bertz CT molecular complexity index is 419. The maximum atomic E-state index is 12.9. The second kappa shape index (κ2) is 6.94. The van der Waals surface area contributed by atoms with Crippen LogP contribution in [0.1, 0.15) is 38.7 Å². The van der Waals surface area contributed by atoms with Gasteiger partial charge in [0.25, 0.3) is 0 Å². The molecule has 0 bridgehead atoms. The second-order valence-electron chi connectivity index (χ2n) is 4.61. The predicted octanol–water partition coefficient (Wildman–Crippen LogP) is 4.12. The zero-order valence-electron chi connectivity index (χ0n) is 10.8. The summed E-state index contributed by atoms with van der Waals surface area (Å²) < 4.78 is 12.9. The molecule has 1 aromatic carbocycles. The van der Waals surface area contributed by atoms with Gasteiger partial charge < -0.3 is 5.11 Å². The van der Waals surface area contributed by atoms with Gasteiger partial charge in [-0.15, -0.1) is 0 Å². The molecule has 0 fully saturated rings. The third-order valence-corrected chi connectivity index (χ3v) is 2.76. The third-order valence-electron chi connectivity index (χ3n) is 2.76. The number of allylic oxidation sites excluding steroid dienone is 2. The molecule has 0 aliphatic carbocycles. The van der Waals surface area contributed by atoms with E-state index in [0.717, 1.165) is 17.6 Å². The molecule has 0 aliphatic rings. The second-order valence-corrected chi connectivity index (χ2v) is 4.61. The molecule has 0 atom stereocenters. The molecular formula is C15H19FO2. The summed E-state index contributed by atoms with van der Waals surface area (Å²) in [6.07, 6.45) is 3.61. The molecule has 3 heteroatoms. The number of carboxylic acid groups (broad SMARTS) is 1. The van der Waals surface area contributed by atoms with Crippen molar-refractivity contribution in [2.24, 2.45) is 5.92 Å². The summed E-state index contributed by atoms with van der Waals surface area (Å²) >= 11 is 0. The Morgan fingerprint density at radius 3 is 2.44 bits per heavy atom. The van der Waals surface area contributed by atoms with Crippen LogP contribution >= 0.6 is 0 Å². The number of carboxylic acids is 1. The van der Waals surface area contributed by atoms with Crippen LogP contribution < -0.4 is 0 Å². The van der Waals surface area contributed by atoms with Crippen LogP contribution in [0.3, 0.4) is 0 Å². The summed E-state index contributed by atoms with van der Waals surface area (Å²) in [5.41, 5.74) is 2.14. The molecule has 1 aromatic rings. The zero-order chi connectivity index (χ0) is 13.5. The number of benzene rings is 1. The molecular weight excluding hydrogens is 231 g/mol. The SMILES string of the molecule is CC(C)/C(=C\CCCC(=O)O)c1ccc(F)cc1. The van der Waals surface area contributed by atoms with Gasteiger partial charge in [-0.05, 0) is 42.0 Å². The lowest BCUT2D eigenvalue weighted by molar-refractivity contribution is -0.137. The number of halogens is 1. The van der Waals surface area contributed by atoms with Crippen LogP contribution in [0.4, 0.5) is 4.39 Å². The standard InChI is InChI=1S/C15H19FO2/c1-11(2)14(5-3-4-6-15(17)18)12-7-9-13(16)10-8-12/h5,7-11H,3-4,6H2,1-2H3,(H,17,18)/b14-5+. The molecule has 0 aromatic heterocycles. The summed E-state index contributed by atoms with van der Waals surface area (Å²) in [6.45, 7) is 4.15. The van der Waals surface area contributed by atoms with Gasteiger partial charge in [-0.2, -0.15) is 0 Å². The van der Waals surface area contributed by atoms with E-state index in [-0.39, 0.29) is 12.2 Å². The van der Waals surface area contributed by atoms with Crippen molar-refractivity contribution in [2.45, 2.75) is 33.1 Å².